The van der Waals surface area contributed by atoms with Crippen LogP contribution in [0.25, 0.3) is 0 Å². The molecular formula is C14H21N3O4. The van der Waals surface area contributed by atoms with Crippen LogP contribution in [0.15, 0.2) is 18.2 Å². The van der Waals surface area contributed by atoms with Crippen LogP contribution in [-0.4, -0.2) is 30.5 Å². The maximum absolute atomic E-state index is 11.8. The van der Waals surface area contributed by atoms with Gasteiger partial charge in [-0.1, -0.05) is 13.8 Å². The fraction of sp³-hybridized carbons (Fsp3) is 0.500. The number of methoxy groups -OCH3 is 1. The number of hydrogen-bond acceptors (Lipinski definition) is 5. The monoisotopic (exact) mass is 295 g/mol. The van der Waals surface area contributed by atoms with Crippen molar-refractivity contribution in [2.75, 3.05) is 19.0 Å². The first-order chi connectivity index (χ1) is 9.93. The molecule has 0 bridgehead atoms. The number of benzene rings is 1. The molecule has 0 radical (unpaired) electrons. The van der Waals surface area contributed by atoms with Crippen LogP contribution < -0.4 is 15.4 Å². The molecule has 0 fully saturated rings. The van der Waals surface area contributed by atoms with E-state index >= 15 is 0 Å². The zero-order chi connectivity index (χ0) is 15.8. The third-order valence-electron chi connectivity index (χ3n) is 2.80. The Balaban J connectivity index is 2.61. The van der Waals surface area contributed by atoms with E-state index in [2.05, 4.69) is 10.6 Å². The molecule has 7 nitrogen and oxygen atoms in total. The number of nitro groups is 1. The summed E-state index contributed by atoms with van der Waals surface area (Å²) in [4.78, 5) is 22.1. The van der Waals surface area contributed by atoms with Gasteiger partial charge in [-0.15, -0.1) is 0 Å². The van der Waals surface area contributed by atoms with Crippen LogP contribution in [0, 0.1) is 10.1 Å². The minimum Gasteiger partial charge on any atom is -0.495 e. The highest BCUT2D eigenvalue weighted by Crippen LogP contribution is 2.28. The van der Waals surface area contributed by atoms with Gasteiger partial charge in [0.25, 0.3) is 5.69 Å². The van der Waals surface area contributed by atoms with E-state index < -0.39 is 4.92 Å². The molecule has 21 heavy (non-hydrogen) atoms. The third kappa shape index (κ3) is 5.78. The van der Waals surface area contributed by atoms with Crippen LogP contribution in [0.1, 0.15) is 26.7 Å². The van der Waals surface area contributed by atoms with Gasteiger partial charge in [-0.3, -0.25) is 14.9 Å². The lowest BCUT2D eigenvalue weighted by Gasteiger charge is -2.11. The summed E-state index contributed by atoms with van der Waals surface area (Å²) in [5.41, 5.74) is 0.223. The maximum atomic E-state index is 11.8. The van der Waals surface area contributed by atoms with E-state index in [1.807, 2.05) is 13.8 Å². The Hall–Kier alpha value is -2.15. The van der Waals surface area contributed by atoms with Crippen molar-refractivity contribution in [2.45, 2.75) is 32.7 Å². The number of amides is 1. The lowest BCUT2D eigenvalue weighted by Crippen LogP contribution is -2.24. The number of ether oxygens (including phenoxy) is 1. The molecule has 2 N–H and O–H groups in total. The molecule has 0 spiro atoms. The molecule has 0 saturated carbocycles. The van der Waals surface area contributed by atoms with E-state index in [0.717, 1.165) is 6.54 Å². The number of nitrogens with zero attached hydrogens (tertiary/aromatic N) is 1. The third-order valence-corrected chi connectivity index (χ3v) is 2.80. The number of nitrogens with one attached hydrogen (secondary N) is 2. The Morgan fingerprint density at radius 3 is 2.71 bits per heavy atom. The largest absolute Gasteiger partial charge is 0.495 e. The van der Waals surface area contributed by atoms with Gasteiger partial charge in [0.1, 0.15) is 5.75 Å². The second-order valence-corrected chi connectivity index (χ2v) is 4.90. The van der Waals surface area contributed by atoms with E-state index in [-0.39, 0.29) is 11.6 Å². The summed E-state index contributed by atoms with van der Waals surface area (Å²) in [5, 5.41) is 16.6. The lowest BCUT2D eigenvalue weighted by molar-refractivity contribution is -0.384. The standard InChI is InChI=1S/C14H21N3O4/c1-10(2)15-8-4-5-14(18)16-12-9-11(17(19)20)6-7-13(12)21-3/h6-7,9-10,15H,4-5,8H2,1-3H3,(H,16,18). The average molecular weight is 295 g/mol. The van der Waals surface area contributed by atoms with Crippen molar-refractivity contribution in [2.24, 2.45) is 0 Å². The minimum absolute atomic E-state index is 0.0902. The highest BCUT2D eigenvalue weighted by atomic mass is 16.6. The van der Waals surface area contributed by atoms with Crippen molar-refractivity contribution < 1.29 is 14.5 Å². The van der Waals surface area contributed by atoms with Crippen molar-refractivity contribution in [1.29, 1.82) is 0 Å². The van der Waals surface area contributed by atoms with Crippen molar-refractivity contribution in [3.63, 3.8) is 0 Å². The molecule has 1 rings (SSSR count). The molecule has 0 aliphatic carbocycles. The number of rotatable bonds is 8. The highest BCUT2D eigenvalue weighted by molar-refractivity contribution is 5.92. The molecule has 1 amide bonds. The number of hydrogen-bond donors (Lipinski definition) is 2. The number of anilines is 1. The molecule has 1 aromatic rings. The zero-order valence-corrected chi connectivity index (χ0v) is 12.5. The Kier molecular flexibility index (Phi) is 6.61. The van der Waals surface area contributed by atoms with E-state index in [0.29, 0.717) is 30.3 Å². The second kappa shape index (κ2) is 8.21. The van der Waals surface area contributed by atoms with Crippen molar-refractivity contribution in [3.05, 3.63) is 28.3 Å². The Morgan fingerprint density at radius 2 is 2.14 bits per heavy atom. The molecule has 7 heteroatoms. The van der Waals surface area contributed by atoms with Crippen molar-refractivity contribution in [1.82, 2.24) is 5.32 Å². The van der Waals surface area contributed by atoms with E-state index in [4.69, 9.17) is 4.74 Å². The normalized spacial score (nSPS) is 10.5. The van der Waals surface area contributed by atoms with Gasteiger partial charge < -0.3 is 15.4 Å². The zero-order valence-electron chi connectivity index (χ0n) is 12.5. The van der Waals surface area contributed by atoms with Crippen LogP contribution in [0.3, 0.4) is 0 Å². The van der Waals surface area contributed by atoms with Gasteiger partial charge in [0.2, 0.25) is 5.91 Å². The van der Waals surface area contributed by atoms with Gasteiger partial charge >= 0.3 is 0 Å². The van der Waals surface area contributed by atoms with E-state index in [1.54, 1.807) is 0 Å². The van der Waals surface area contributed by atoms with Gasteiger partial charge in [0.15, 0.2) is 0 Å². The molecule has 0 aliphatic rings. The van der Waals surface area contributed by atoms with Crippen LogP contribution in [-0.2, 0) is 4.79 Å². The topological polar surface area (TPSA) is 93.5 Å². The summed E-state index contributed by atoms with van der Waals surface area (Å²) in [6.45, 7) is 4.82. The number of carbonyl (C=O) groups is 1. The first kappa shape index (κ1) is 16.9. The Labute approximate surface area is 123 Å². The van der Waals surface area contributed by atoms with Crippen LogP contribution >= 0.6 is 0 Å². The second-order valence-electron chi connectivity index (χ2n) is 4.90. The maximum Gasteiger partial charge on any atom is 0.271 e. The summed E-state index contributed by atoms with van der Waals surface area (Å²) in [6, 6.07) is 4.48. The summed E-state index contributed by atoms with van der Waals surface area (Å²) in [7, 11) is 1.45. The number of nitro benzene ring substituents is 1. The van der Waals surface area contributed by atoms with Crippen molar-refractivity contribution in [3.8, 4) is 5.75 Å². The lowest BCUT2D eigenvalue weighted by atomic mass is 10.2. The van der Waals surface area contributed by atoms with Gasteiger partial charge in [-0.25, -0.2) is 0 Å². The van der Waals surface area contributed by atoms with E-state index in [9.17, 15) is 14.9 Å². The van der Waals surface area contributed by atoms with Crippen LogP contribution in [0.2, 0.25) is 0 Å². The predicted octanol–water partition coefficient (Wildman–Crippen LogP) is 2.32. The summed E-state index contributed by atoms with van der Waals surface area (Å²) < 4.78 is 5.09. The molecule has 0 aromatic heterocycles. The molecule has 0 unspecified atom stereocenters. The quantitative estimate of drug-likeness (QED) is 0.436. The summed E-state index contributed by atoms with van der Waals surface area (Å²) in [5.74, 6) is 0.202. The average Bonchev–Trinajstić information content (AvgIpc) is 2.43. The summed E-state index contributed by atoms with van der Waals surface area (Å²) >= 11 is 0. The smallest absolute Gasteiger partial charge is 0.271 e. The molecule has 1 aromatic carbocycles. The molecule has 116 valence electrons. The van der Waals surface area contributed by atoms with Gasteiger partial charge in [-0.05, 0) is 19.0 Å². The van der Waals surface area contributed by atoms with E-state index in [1.165, 1.54) is 25.3 Å². The molecular weight excluding hydrogens is 274 g/mol. The molecule has 0 saturated heterocycles. The van der Waals surface area contributed by atoms with Crippen LogP contribution in [0.4, 0.5) is 11.4 Å². The minimum atomic E-state index is -0.512. The number of carbonyl (C=O) groups excluding carboxylic acids is 1. The summed E-state index contributed by atoms with van der Waals surface area (Å²) in [6.07, 6.45) is 1.03. The van der Waals surface area contributed by atoms with Gasteiger partial charge in [-0.2, -0.15) is 0 Å². The Morgan fingerprint density at radius 1 is 1.43 bits per heavy atom. The number of non-ortho nitro benzene ring substituents is 1. The van der Waals surface area contributed by atoms with Gasteiger partial charge in [0.05, 0.1) is 17.7 Å². The SMILES string of the molecule is COc1ccc([N+](=O)[O-])cc1NC(=O)CCCNC(C)C. The predicted molar refractivity (Wildman–Crippen MR) is 80.7 cm³/mol. The Bertz CT molecular complexity index is 503. The first-order valence-corrected chi connectivity index (χ1v) is 6.79. The fourth-order valence-electron chi connectivity index (χ4n) is 1.76. The van der Waals surface area contributed by atoms with Crippen LogP contribution in [0.5, 0.6) is 5.75 Å². The van der Waals surface area contributed by atoms with Crippen molar-refractivity contribution >= 4 is 17.3 Å². The first-order valence-electron chi connectivity index (χ1n) is 6.79. The van der Waals surface area contributed by atoms with Gasteiger partial charge in [0, 0.05) is 24.6 Å². The fourth-order valence-corrected chi connectivity index (χ4v) is 1.76. The highest BCUT2D eigenvalue weighted by Gasteiger charge is 2.13. The molecule has 0 aliphatic heterocycles. The molecule has 0 heterocycles. The molecule has 0 atom stereocenters.